The molecule has 3 heterocycles. The molecule has 9 aromatic rings. The molecule has 0 amide bonds. The molecule has 252 valence electrons. The van der Waals surface area contributed by atoms with Gasteiger partial charge in [0.15, 0.2) is 0 Å². The molecule has 0 spiro atoms. The van der Waals surface area contributed by atoms with E-state index in [0.29, 0.717) is 0 Å². The molecule has 53 heavy (non-hydrogen) atoms. The first-order chi connectivity index (χ1) is 26.1. The molecule has 0 aliphatic heterocycles. The minimum Gasteiger partial charge on any atom is -0.292 e. The fourth-order valence-electron chi connectivity index (χ4n) is 7.00. The molecule has 0 radical (unpaired) electrons. The zero-order chi connectivity index (χ0) is 35.7. The molecular formula is C49H36N4. The summed E-state index contributed by atoms with van der Waals surface area (Å²) in [5, 5.41) is 0. The summed E-state index contributed by atoms with van der Waals surface area (Å²) in [6, 6.07) is 60.3. The summed E-state index contributed by atoms with van der Waals surface area (Å²) in [5.74, 6) is 0.926. The van der Waals surface area contributed by atoms with Gasteiger partial charge in [0.1, 0.15) is 5.82 Å². The minimum atomic E-state index is 0.926. The number of aromatic nitrogens is 4. The van der Waals surface area contributed by atoms with Gasteiger partial charge in [0.2, 0.25) is 0 Å². The highest BCUT2D eigenvalue weighted by atomic mass is 15.1. The Morgan fingerprint density at radius 1 is 0.396 bits per heavy atom. The Bertz CT molecular complexity index is 2670. The van der Waals surface area contributed by atoms with Gasteiger partial charge in [-0.1, -0.05) is 127 Å². The predicted octanol–water partition coefficient (Wildman–Crippen LogP) is 12.4. The van der Waals surface area contributed by atoms with Gasteiger partial charge < -0.3 is 0 Å². The molecule has 0 atom stereocenters. The number of benzene rings is 6. The third-order valence-electron chi connectivity index (χ3n) is 9.88. The largest absolute Gasteiger partial charge is 0.292 e. The van der Waals surface area contributed by atoms with Crippen LogP contribution < -0.4 is 0 Å². The van der Waals surface area contributed by atoms with E-state index in [2.05, 4.69) is 186 Å². The zero-order valence-electron chi connectivity index (χ0n) is 29.6. The number of rotatable bonds is 7. The lowest BCUT2D eigenvalue weighted by Crippen LogP contribution is -1.97. The van der Waals surface area contributed by atoms with Crippen LogP contribution in [0.2, 0.25) is 0 Å². The molecule has 4 nitrogen and oxygen atoms in total. The fraction of sp³-hybridized carbons (Fsp3) is 0.0408. The van der Waals surface area contributed by atoms with Crippen molar-refractivity contribution in [1.82, 2.24) is 19.5 Å². The number of fused-ring (bicyclic) bond motifs is 1. The van der Waals surface area contributed by atoms with Crippen LogP contribution in [0.4, 0.5) is 0 Å². The highest BCUT2D eigenvalue weighted by Gasteiger charge is 2.16. The summed E-state index contributed by atoms with van der Waals surface area (Å²) >= 11 is 0. The van der Waals surface area contributed by atoms with Crippen molar-refractivity contribution in [3.63, 3.8) is 0 Å². The molecule has 0 aliphatic carbocycles. The fourth-order valence-corrected chi connectivity index (χ4v) is 7.00. The summed E-state index contributed by atoms with van der Waals surface area (Å²) in [4.78, 5) is 14.3. The second kappa shape index (κ2) is 13.7. The molecule has 0 bridgehead atoms. The second-order valence-electron chi connectivity index (χ2n) is 13.5. The van der Waals surface area contributed by atoms with Crippen molar-refractivity contribution in [3.05, 3.63) is 193 Å². The Balaban J connectivity index is 1.13. The van der Waals surface area contributed by atoms with E-state index in [1.54, 1.807) is 0 Å². The molecule has 4 heteroatoms. The molecule has 0 N–H and O–H groups in total. The first-order valence-electron chi connectivity index (χ1n) is 17.9. The maximum atomic E-state index is 5.06. The molecule has 3 aromatic heterocycles. The second-order valence-corrected chi connectivity index (χ2v) is 13.5. The molecule has 0 unspecified atom stereocenters. The van der Waals surface area contributed by atoms with Gasteiger partial charge in [-0.15, -0.1) is 0 Å². The van der Waals surface area contributed by atoms with Crippen LogP contribution in [0.3, 0.4) is 0 Å². The highest BCUT2D eigenvalue weighted by Crippen LogP contribution is 2.38. The van der Waals surface area contributed by atoms with Gasteiger partial charge in [0, 0.05) is 34.8 Å². The maximum absolute atomic E-state index is 5.06. The Morgan fingerprint density at radius 2 is 0.925 bits per heavy atom. The van der Waals surface area contributed by atoms with Crippen LogP contribution >= 0.6 is 0 Å². The number of hydrogen-bond donors (Lipinski definition) is 0. The van der Waals surface area contributed by atoms with E-state index in [1.165, 1.54) is 11.1 Å². The summed E-state index contributed by atoms with van der Waals surface area (Å²) in [5.41, 5.74) is 17.6. The predicted molar refractivity (Wildman–Crippen MR) is 219 cm³/mol. The van der Waals surface area contributed by atoms with E-state index >= 15 is 0 Å². The van der Waals surface area contributed by atoms with Crippen LogP contribution in [0.25, 0.3) is 84.0 Å². The minimum absolute atomic E-state index is 0.926. The Kier molecular flexibility index (Phi) is 8.26. The van der Waals surface area contributed by atoms with Crippen LogP contribution in [-0.4, -0.2) is 19.5 Å². The number of para-hydroxylation sites is 2. The Morgan fingerprint density at radius 3 is 1.55 bits per heavy atom. The van der Waals surface area contributed by atoms with Crippen molar-refractivity contribution in [3.8, 4) is 73.0 Å². The molecule has 6 aromatic carbocycles. The number of nitrogens with zero attached hydrogens (tertiary/aromatic N) is 4. The van der Waals surface area contributed by atoms with Gasteiger partial charge in [-0.2, -0.15) is 0 Å². The standard InChI is InChI=1S/C49H36N4/c1-33-12-28-45(50-31-33)38-18-14-35(15-19-38)41-24-27-43(36-16-20-39(21-17-36)46-29-13-34(2)32-51-46)44(30-41)37-22-25-42(26-23-37)53-48-11-7-6-10-47(48)52-49(53)40-8-4-3-5-9-40/h3-32H,1-2H3. The van der Waals surface area contributed by atoms with Gasteiger partial charge in [-0.3, -0.25) is 14.5 Å². The van der Waals surface area contributed by atoms with E-state index in [-0.39, 0.29) is 0 Å². The monoisotopic (exact) mass is 680 g/mol. The van der Waals surface area contributed by atoms with Gasteiger partial charge >= 0.3 is 0 Å². The van der Waals surface area contributed by atoms with E-state index < -0.39 is 0 Å². The molecule has 9 rings (SSSR count). The number of pyridine rings is 2. The highest BCUT2D eigenvalue weighted by molar-refractivity contribution is 5.89. The van der Waals surface area contributed by atoms with Gasteiger partial charge in [0.05, 0.1) is 22.4 Å². The van der Waals surface area contributed by atoms with Crippen molar-refractivity contribution in [2.45, 2.75) is 13.8 Å². The number of hydrogen-bond acceptors (Lipinski definition) is 3. The summed E-state index contributed by atoms with van der Waals surface area (Å²) in [6.45, 7) is 4.12. The topological polar surface area (TPSA) is 43.6 Å². The van der Waals surface area contributed by atoms with Crippen LogP contribution in [0.15, 0.2) is 182 Å². The summed E-state index contributed by atoms with van der Waals surface area (Å²) in [6.07, 6.45) is 3.84. The summed E-state index contributed by atoms with van der Waals surface area (Å²) < 4.78 is 2.26. The zero-order valence-corrected chi connectivity index (χ0v) is 29.6. The summed E-state index contributed by atoms with van der Waals surface area (Å²) in [7, 11) is 0. The number of aryl methyl sites for hydroxylation is 2. The Hall–Kier alpha value is -6.91. The van der Waals surface area contributed by atoms with Crippen LogP contribution in [0.1, 0.15) is 11.1 Å². The third kappa shape index (κ3) is 6.32. The molecule has 0 saturated heterocycles. The average Bonchev–Trinajstić information content (AvgIpc) is 3.62. The molecule has 0 fully saturated rings. The van der Waals surface area contributed by atoms with Gasteiger partial charge in [-0.05, 0) is 101 Å². The molecule has 0 aliphatic rings. The van der Waals surface area contributed by atoms with E-state index in [1.807, 2.05) is 24.5 Å². The SMILES string of the molecule is Cc1ccc(-c2ccc(-c3ccc(-c4ccc(-c5ccc(C)cn5)cc4)c(-c4ccc(-n5c(-c6ccccc6)nc6ccccc65)cc4)c3)cc2)nc1. The normalized spacial score (nSPS) is 11.2. The Labute approximate surface area is 309 Å². The van der Waals surface area contributed by atoms with Gasteiger partial charge in [0.25, 0.3) is 0 Å². The van der Waals surface area contributed by atoms with E-state index in [0.717, 1.165) is 84.0 Å². The lowest BCUT2D eigenvalue weighted by atomic mass is 9.90. The molecule has 0 saturated carbocycles. The van der Waals surface area contributed by atoms with Crippen molar-refractivity contribution >= 4 is 11.0 Å². The first-order valence-corrected chi connectivity index (χ1v) is 17.9. The van der Waals surface area contributed by atoms with Crippen molar-refractivity contribution in [1.29, 1.82) is 0 Å². The average molecular weight is 681 g/mol. The van der Waals surface area contributed by atoms with Crippen LogP contribution in [-0.2, 0) is 0 Å². The quantitative estimate of drug-likeness (QED) is 0.168. The smallest absolute Gasteiger partial charge is 0.145 e. The van der Waals surface area contributed by atoms with Crippen molar-refractivity contribution in [2.24, 2.45) is 0 Å². The lowest BCUT2D eigenvalue weighted by Gasteiger charge is -2.15. The van der Waals surface area contributed by atoms with Crippen LogP contribution in [0, 0.1) is 13.8 Å². The van der Waals surface area contributed by atoms with Crippen molar-refractivity contribution in [2.75, 3.05) is 0 Å². The van der Waals surface area contributed by atoms with Crippen LogP contribution in [0.5, 0.6) is 0 Å². The van der Waals surface area contributed by atoms with E-state index in [9.17, 15) is 0 Å². The lowest BCUT2D eigenvalue weighted by molar-refractivity contribution is 1.10. The van der Waals surface area contributed by atoms with Crippen molar-refractivity contribution < 1.29 is 0 Å². The van der Waals surface area contributed by atoms with E-state index in [4.69, 9.17) is 4.98 Å². The van der Waals surface area contributed by atoms with Gasteiger partial charge in [-0.25, -0.2) is 4.98 Å². The maximum Gasteiger partial charge on any atom is 0.145 e. The molecular weight excluding hydrogens is 645 g/mol. The number of imidazole rings is 1. The third-order valence-corrected chi connectivity index (χ3v) is 9.88. The first kappa shape index (κ1) is 32.0.